The Morgan fingerprint density at radius 1 is 0.971 bits per heavy atom. The summed E-state index contributed by atoms with van der Waals surface area (Å²) >= 11 is 1.05. The minimum Gasteiger partial charge on any atom is -0.478 e. The summed E-state index contributed by atoms with van der Waals surface area (Å²) in [7, 11) is -4.08. The zero-order valence-corrected chi connectivity index (χ0v) is 20.5. The van der Waals surface area contributed by atoms with Crippen LogP contribution in [0.3, 0.4) is 0 Å². The van der Waals surface area contributed by atoms with E-state index < -0.39 is 27.8 Å². The third-order valence-electron chi connectivity index (χ3n) is 5.68. The third kappa shape index (κ3) is 5.55. The minimum absolute atomic E-state index is 0.0104. The fourth-order valence-electron chi connectivity index (χ4n) is 3.92. The Labute approximate surface area is 207 Å². The fourth-order valence-corrected chi connectivity index (χ4v) is 5.48. The number of hydrogen-bond acceptors (Lipinski definition) is 7. The van der Waals surface area contributed by atoms with Crippen LogP contribution in [0.15, 0.2) is 71.6 Å². The van der Waals surface area contributed by atoms with Crippen molar-refractivity contribution in [1.82, 2.24) is 13.5 Å². The normalized spacial score (nSPS) is 12.4. The number of aromatic nitrogens is 2. The molecule has 0 saturated heterocycles. The molecule has 1 heterocycles. The van der Waals surface area contributed by atoms with E-state index in [1.807, 2.05) is 6.92 Å². The fraction of sp³-hybridized carbons (Fsp3) is 0.200. The van der Waals surface area contributed by atoms with E-state index >= 15 is 0 Å². The molecule has 8 nitrogen and oxygen atoms in total. The molecule has 35 heavy (non-hydrogen) atoms. The summed E-state index contributed by atoms with van der Waals surface area (Å²) < 4.78 is 36.4. The number of amides is 1. The number of nitrogens with zero attached hydrogens (tertiary/aromatic N) is 2. The van der Waals surface area contributed by atoms with Gasteiger partial charge in [-0.15, -0.1) is 0 Å². The summed E-state index contributed by atoms with van der Waals surface area (Å²) in [5, 5.41) is 9.39. The molecule has 1 amide bonds. The van der Waals surface area contributed by atoms with Crippen LogP contribution in [0.4, 0.5) is 0 Å². The first-order valence-corrected chi connectivity index (χ1v) is 13.2. The van der Waals surface area contributed by atoms with Gasteiger partial charge < -0.3 is 5.11 Å². The van der Waals surface area contributed by atoms with Gasteiger partial charge in [0, 0.05) is 0 Å². The van der Waals surface area contributed by atoms with Crippen LogP contribution in [0.1, 0.15) is 46.3 Å². The van der Waals surface area contributed by atoms with Gasteiger partial charge in [-0.3, -0.25) is 4.79 Å². The molecule has 10 heteroatoms. The van der Waals surface area contributed by atoms with Crippen LogP contribution in [-0.4, -0.2) is 34.1 Å². The number of aryl methyl sites for hydroxylation is 1. The average molecular weight is 510 g/mol. The first kappa shape index (κ1) is 24.5. The maximum atomic E-state index is 13.4. The largest absolute Gasteiger partial charge is 0.478 e. The molecule has 1 unspecified atom stereocenters. The molecule has 0 radical (unpaired) electrons. The highest BCUT2D eigenvalue weighted by Crippen LogP contribution is 2.28. The lowest BCUT2D eigenvalue weighted by molar-refractivity contribution is -0.120. The van der Waals surface area contributed by atoms with E-state index in [0.717, 1.165) is 29.3 Å². The quantitative estimate of drug-likeness (QED) is 0.347. The van der Waals surface area contributed by atoms with Crippen LogP contribution in [0, 0.1) is 0 Å². The van der Waals surface area contributed by atoms with Crippen molar-refractivity contribution in [2.75, 3.05) is 0 Å². The molecule has 0 aliphatic heterocycles. The predicted octanol–water partition coefficient (Wildman–Crippen LogP) is 4.17. The summed E-state index contributed by atoms with van der Waals surface area (Å²) in [6, 6.07) is 17.7. The first-order valence-electron chi connectivity index (χ1n) is 11.0. The van der Waals surface area contributed by atoms with Crippen molar-refractivity contribution in [3.05, 3.63) is 89.0 Å². The molecule has 180 valence electrons. The molecule has 0 aliphatic carbocycles. The Kier molecular flexibility index (Phi) is 7.23. The smallest absolute Gasteiger partial charge is 0.335 e. The molecule has 4 rings (SSSR count). The number of carboxylic acid groups (broad SMARTS) is 1. The molecule has 2 N–H and O–H groups in total. The zero-order chi connectivity index (χ0) is 25.0. The second-order valence-corrected chi connectivity index (χ2v) is 10.3. The van der Waals surface area contributed by atoms with E-state index in [1.165, 1.54) is 18.2 Å². The summed E-state index contributed by atoms with van der Waals surface area (Å²) in [5.41, 5.74) is 3.66. The summed E-state index contributed by atoms with van der Waals surface area (Å²) in [5.74, 6) is -2.56. The molecule has 0 fully saturated rings. The van der Waals surface area contributed by atoms with Crippen LogP contribution >= 0.6 is 11.7 Å². The number of carbonyl (C=O) groups is 2. The maximum absolute atomic E-state index is 13.4. The highest BCUT2D eigenvalue weighted by Gasteiger charge is 2.28. The van der Waals surface area contributed by atoms with Crippen LogP contribution in [0.25, 0.3) is 11.0 Å². The summed E-state index contributed by atoms with van der Waals surface area (Å²) in [4.78, 5) is 24.9. The minimum atomic E-state index is -4.08. The Hall–Kier alpha value is -3.63. The molecular formula is C25H23N3O5S2. The van der Waals surface area contributed by atoms with Gasteiger partial charge in [0.05, 0.1) is 28.1 Å². The van der Waals surface area contributed by atoms with Crippen LogP contribution in [0.5, 0.6) is 0 Å². The number of rotatable bonds is 9. The van der Waals surface area contributed by atoms with Crippen LogP contribution in [0.2, 0.25) is 0 Å². The lowest BCUT2D eigenvalue weighted by Gasteiger charge is -2.20. The van der Waals surface area contributed by atoms with Crippen molar-refractivity contribution >= 4 is 44.7 Å². The topological polar surface area (TPSA) is 126 Å². The Morgan fingerprint density at radius 3 is 2.43 bits per heavy atom. The summed E-state index contributed by atoms with van der Waals surface area (Å²) in [6.45, 7) is 1.98. The molecule has 3 aromatic carbocycles. The van der Waals surface area contributed by atoms with Crippen molar-refractivity contribution in [2.24, 2.45) is 0 Å². The summed E-state index contributed by atoms with van der Waals surface area (Å²) in [6.07, 6.45) is 1.60. The van der Waals surface area contributed by atoms with Crippen molar-refractivity contribution in [3.8, 4) is 0 Å². The van der Waals surface area contributed by atoms with Crippen LogP contribution < -0.4 is 4.72 Å². The average Bonchev–Trinajstić information content (AvgIpc) is 3.31. The molecular weight excluding hydrogens is 486 g/mol. The van der Waals surface area contributed by atoms with E-state index in [4.69, 9.17) is 0 Å². The van der Waals surface area contributed by atoms with Gasteiger partial charge >= 0.3 is 5.97 Å². The van der Waals surface area contributed by atoms with Gasteiger partial charge in [-0.05, 0) is 65.9 Å². The number of benzene rings is 3. The number of aromatic carboxylic acids is 1. The number of sulfonamides is 1. The number of hydrogen-bond donors (Lipinski definition) is 2. The van der Waals surface area contributed by atoms with Crippen molar-refractivity contribution in [2.45, 2.75) is 37.0 Å². The monoisotopic (exact) mass is 509 g/mol. The highest BCUT2D eigenvalue weighted by molar-refractivity contribution is 7.90. The number of carbonyl (C=O) groups excluding carboxylic acids is 1. The van der Waals surface area contributed by atoms with E-state index in [0.29, 0.717) is 23.0 Å². The lowest BCUT2D eigenvalue weighted by atomic mass is 9.87. The molecule has 1 atom stereocenters. The van der Waals surface area contributed by atoms with Gasteiger partial charge in [0.25, 0.3) is 10.0 Å². The third-order valence-corrected chi connectivity index (χ3v) is 7.60. The van der Waals surface area contributed by atoms with E-state index in [9.17, 15) is 23.1 Å². The zero-order valence-electron chi connectivity index (χ0n) is 18.8. The van der Waals surface area contributed by atoms with Gasteiger partial charge in [0.1, 0.15) is 11.0 Å². The SMILES string of the molecule is CCCc1cc(C(=O)O)ccc1CC(C(=O)NS(=O)(=O)c1ccccc1)c1ccc2nsnc2c1. The number of nitrogens with one attached hydrogen (secondary N) is 1. The number of fused-ring (bicyclic) bond motifs is 1. The van der Waals surface area contributed by atoms with E-state index in [2.05, 4.69) is 13.5 Å². The lowest BCUT2D eigenvalue weighted by Crippen LogP contribution is -2.35. The van der Waals surface area contributed by atoms with E-state index in [-0.39, 0.29) is 16.9 Å². The molecule has 0 spiro atoms. The van der Waals surface area contributed by atoms with Gasteiger partial charge in [-0.2, -0.15) is 8.75 Å². The van der Waals surface area contributed by atoms with E-state index in [1.54, 1.807) is 48.5 Å². The van der Waals surface area contributed by atoms with Crippen molar-refractivity contribution in [1.29, 1.82) is 0 Å². The molecule has 0 aliphatic rings. The van der Waals surface area contributed by atoms with Crippen molar-refractivity contribution < 1.29 is 23.1 Å². The molecule has 0 bridgehead atoms. The van der Waals surface area contributed by atoms with Gasteiger partial charge in [-0.1, -0.05) is 43.7 Å². The van der Waals surface area contributed by atoms with Gasteiger partial charge in [-0.25, -0.2) is 17.9 Å². The van der Waals surface area contributed by atoms with Crippen molar-refractivity contribution in [3.63, 3.8) is 0 Å². The maximum Gasteiger partial charge on any atom is 0.335 e. The second-order valence-electron chi connectivity index (χ2n) is 8.09. The Morgan fingerprint density at radius 2 is 1.71 bits per heavy atom. The highest BCUT2D eigenvalue weighted by atomic mass is 32.2. The van der Waals surface area contributed by atoms with Gasteiger partial charge in [0.2, 0.25) is 5.91 Å². The molecule has 0 saturated carbocycles. The Bertz CT molecular complexity index is 1480. The second kappa shape index (κ2) is 10.3. The molecule has 1 aromatic heterocycles. The van der Waals surface area contributed by atoms with Gasteiger partial charge in [0.15, 0.2) is 0 Å². The van der Waals surface area contributed by atoms with Crippen LogP contribution in [-0.2, 0) is 27.7 Å². The standard InChI is InChI=1S/C25H23N3O5S2/c1-2-6-16-13-19(25(30)31)10-9-17(16)14-21(18-11-12-22-23(15-18)27-34-26-22)24(29)28-35(32,33)20-7-4-3-5-8-20/h3-5,7-13,15,21H,2,6,14H2,1H3,(H,28,29)(H,30,31). The molecule has 4 aromatic rings. The predicted molar refractivity (Wildman–Crippen MR) is 133 cm³/mol. The first-order chi connectivity index (χ1) is 16.8. The number of carboxylic acids is 1. The Balaban J connectivity index is 1.73.